The molecule has 0 saturated heterocycles. The molecular formula is C12H17FN2O2. The van der Waals surface area contributed by atoms with Crippen LogP contribution in [0.1, 0.15) is 23.7 Å². The number of carbonyl (C=O) groups is 1. The van der Waals surface area contributed by atoms with Crippen molar-refractivity contribution in [3.63, 3.8) is 0 Å². The van der Waals surface area contributed by atoms with E-state index in [-0.39, 0.29) is 24.1 Å². The van der Waals surface area contributed by atoms with Crippen LogP contribution in [0.3, 0.4) is 0 Å². The van der Waals surface area contributed by atoms with Crippen LogP contribution in [0.25, 0.3) is 0 Å². The standard InChI is InChI=1S/C12H17FN2O2/c1-8(4-5-16)7-15-12(17)9-2-3-10(13)11(14)6-9/h2-3,6,8,16H,4-5,7,14H2,1H3,(H,15,17). The number of benzene rings is 1. The molecule has 1 rings (SSSR count). The summed E-state index contributed by atoms with van der Waals surface area (Å²) in [4.78, 5) is 11.7. The van der Waals surface area contributed by atoms with Crippen LogP contribution in [0.2, 0.25) is 0 Å². The van der Waals surface area contributed by atoms with Crippen molar-refractivity contribution >= 4 is 11.6 Å². The van der Waals surface area contributed by atoms with E-state index >= 15 is 0 Å². The number of nitrogens with two attached hydrogens (primary N) is 1. The highest BCUT2D eigenvalue weighted by molar-refractivity contribution is 5.95. The zero-order chi connectivity index (χ0) is 12.8. The average molecular weight is 240 g/mol. The maximum absolute atomic E-state index is 12.9. The van der Waals surface area contributed by atoms with Gasteiger partial charge in [-0.25, -0.2) is 4.39 Å². The third-order valence-corrected chi connectivity index (χ3v) is 2.49. The van der Waals surface area contributed by atoms with Gasteiger partial charge in [0.1, 0.15) is 5.82 Å². The quantitative estimate of drug-likeness (QED) is 0.676. The van der Waals surface area contributed by atoms with E-state index in [1.165, 1.54) is 18.2 Å². The van der Waals surface area contributed by atoms with Crippen molar-refractivity contribution in [2.75, 3.05) is 18.9 Å². The van der Waals surface area contributed by atoms with Crippen LogP contribution in [-0.4, -0.2) is 24.2 Å². The molecule has 5 heteroatoms. The molecule has 0 aliphatic carbocycles. The first-order chi connectivity index (χ1) is 8.04. The van der Waals surface area contributed by atoms with Gasteiger partial charge in [-0.1, -0.05) is 6.92 Å². The molecular weight excluding hydrogens is 223 g/mol. The number of aliphatic hydroxyl groups excluding tert-OH is 1. The van der Waals surface area contributed by atoms with E-state index in [4.69, 9.17) is 10.8 Å². The van der Waals surface area contributed by atoms with Gasteiger partial charge in [-0.15, -0.1) is 0 Å². The summed E-state index contributed by atoms with van der Waals surface area (Å²) in [5.41, 5.74) is 5.67. The Morgan fingerprint density at radius 3 is 2.88 bits per heavy atom. The Morgan fingerprint density at radius 1 is 1.59 bits per heavy atom. The minimum Gasteiger partial charge on any atom is -0.396 e. The largest absolute Gasteiger partial charge is 0.396 e. The van der Waals surface area contributed by atoms with E-state index in [0.717, 1.165) is 0 Å². The lowest BCUT2D eigenvalue weighted by Crippen LogP contribution is -2.28. The Balaban J connectivity index is 2.55. The maximum atomic E-state index is 12.9. The van der Waals surface area contributed by atoms with Crippen LogP contribution in [0.15, 0.2) is 18.2 Å². The summed E-state index contributed by atoms with van der Waals surface area (Å²) in [6, 6.07) is 3.86. The smallest absolute Gasteiger partial charge is 0.251 e. The Labute approximate surface area is 99.6 Å². The van der Waals surface area contributed by atoms with Gasteiger partial charge >= 0.3 is 0 Å². The lowest BCUT2D eigenvalue weighted by Gasteiger charge is -2.11. The number of rotatable bonds is 5. The second-order valence-corrected chi connectivity index (χ2v) is 4.06. The van der Waals surface area contributed by atoms with Crippen LogP contribution in [0.4, 0.5) is 10.1 Å². The van der Waals surface area contributed by atoms with E-state index in [1.807, 2.05) is 6.92 Å². The summed E-state index contributed by atoms with van der Waals surface area (Å²) < 4.78 is 12.9. The molecule has 4 nitrogen and oxygen atoms in total. The number of amides is 1. The number of carbonyl (C=O) groups excluding carboxylic acids is 1. The van der Waals surface area contributed by atoms with E-state index in [0.29, 0.717) is 18.5 Å². The number of nitrogens with one attached hydrogen (secondary N) is 1. The number of anilines is 1. The van der Waals surface area contributed by atoms with Gasteiger partial charge in [-0.3, -0.25) is 4.79 Å². The summed E-state index contributed by atoms with van der Waals surface area (Å²) in [6.45, 7) is 2.49. The molecule has 1 amide bonds. The molecule has 1 atom stereocenters. The Hall–Kier alpha value is -1.62. The van der Waals surface area contributed by atoms with Gasteiger partial charge in [0.05, 0.1) is 5.69 Å². The van der Waals surface area contributed by atoms with Gasteiger partial charge in [0.15, 0.2) is 0 Å². The highest BCUT2D eigenvalue weighted by atomic mass is 19.1. The first-order valence-electron chi connectivity index (χ1n) is 5.48. The zero-order valence-electron chi connectivity index (χ0n) is 9.74. The monoisotopic (exact) mass is 240 g/mol. The van der Waals surface area contributed by atoms with E-state index in [9.17, 15) is 9.18 Å². The Morgan fingerprint density at radius 2 is 2.29 bits per heavy atom. The third kappa shape index (κ3) is 4.03. The van der Waals surface area contributed by atoms with Gasteiger partial charge in [0.25, 0.3) is 5.91 Å². The fourth-order valence-electron chi connectivity index (χ4n) is 1.38. The van der Waals surface area contributed by atoms with Crippen molar-refractivity contribution in [2.24, 2.45) is 5.92 Å². The van der Waals surface area contributed by atoms with Crippen molar-refractivity contribution in [3.8, 4) is 0 Å². The molecule has 0 heterocycles. The molecule has 4 N–H and O–H groups in total. The molecule has 17 heavy (non-hydrogen) atoms. The van der Waals surface area contributed by atoms with E-state index < -0.39 is 5.82 Å². The molecule has 1 unspecified atom stereocenters. The molecule has 0 saturated carbocycles. The number of nitrogen functional groups attached to an aromatic ring is 1. The molecule has 1 aromatic carbocycles. The van der Waals surface area contributed by atoms with Gasteiger partial charge in [0.2, 0.25) is 0 Å². The summed E-state index contributed by atoms with van der Waals surface area (Å²) >= 11 is 0. The second kappa shape index (κ2) is 6.20. The fraction of sp³-hybridized carbons (Fsp3) is 0.417. The topological polar surface area (TPSA) is 75.3 Å². The van der Waals surface area contributed by atoms with Crippen LogP contribution >= 0.6 is 0 Å². The van der Waals surface area contributed by atoms with Gasteiger partial charge in [-0.2, -0.15) is 0 Å². The molecule has 0 aliphatic heterocycles. The lowest BCUT2D eigenvalue weighted by molar-refractivity contribution is 0.0945. The van der Waals surface area contributed by atoms with E-state index in [2.05, 4.69) is 5.32 Å². The first-order valence-corrected chi connectivity index (χ1v) is 5.48. The summed E-state index contributed by atoms with van der Waals surface area (Å²) in [7, 11) is 0. The lowest BCUT2D eigenvalue weighted by atomic mass is 10.1. The summed E-state index contributed by atoms with van der Waals surface area (Å²) in [6.07, 6.45) is 0.631. The molecule has 0 aromatic heterocycles. The van der Waals surface area contributed by atoms with Gasteiger partial charge in [0, 0.05) is 18.7 Å². The molecule has 0 radical (unpaired) electrons. The average Bonchev–Trinajstić information content (AvgIpc) is 2.30. The number of halogens is 1. The maximum Gasteiger partial charge on any atom is 0.251 e. The number of hydrogen-bond acceptors (Lipinski definition) is 3. The predicted octanol–water partition coefficient (Wildman–Crippen LogP) is 1.16. The van der Waals surface area contributed by atoms with Crippen LogP contribution < -0.4 is 11.1 Å². The highest BCUT2D eigenvalue weighted by Crippen LogP contribution is 2.12. The predicted molar refractivity (Wildman–Crippen MR) is 64.0 cm³/mol. The summed E-state index contributed by atoms with van der Waals surface area (Å²) in [5, 5.41) is 11.4. The van der Waals surface area contributed by atoms with Crippen LogP contribution in [0.5, 0.6) is 0 Å². The molecule has 0 aliphatic rings. The van der Waals surface area contributed by atoms with Crippen molar-refractivity contribution < 1.29 is 14.3 Å². The highest BCUT2D eigenvalue weighted by Gasteiger charge is 2.09. The minimum atomic E-state index is -0.532. The summed E-state index contributed by atoms with van der Waals surface area (Å²) in [5.74, 6) is -0.626. The molecule has 0 spiro atoms. The second-order valence-electron chi connectivity index (χ2n) is 4.06. The molecule has 0 fully saturated rings. The fourth-order valence-corrected chi connectivity index (χ4v) is 1.38. The molecule has 94 valence electrons. The van der Waals surface area contributed by atoms with Crippen LogP contribution in [-0.2, 0) is 0 Å². The molecule has 0 bridgehead atoms. The van der Waals surface area contributed by atoms with Crippen molar-refractivity contribution in [3.05, 3.63) is 29.6 Å². The van der Waals surface area contributed by atoms with E-state index in [1.54, 1.807) is 0 Å². The zero-order valence-corrected chi connectivity index (χ0v) is 9.74. The Kier molecular flexibility index (Phi) is 4.90. The SMILES string of the molecule is CC(CCO)CNC(=O)c1ccc(F)c(N)c1. The number of aliphatic hydroxyl groups is 1. The van der Waals surface area contributed by atoms with Crippen molar-refractivity contribution in [2.45, 2.75) is 13.3 Å². The van der Waals surface area contributed by atoms with Crippen molar-refractivity contribution in [1.29, 1.82) is 0 Å². The van der Waals surface area contributed by atoms with Crippen LogP contribution in [0, 0.1) is 11.7 Å². The number of hydrogen-bond donors (Lipinski definition) is 3. The van der Waals surface area contributed by atoms with Gasteiger partial charge < -0.3 is 16.2 Å². The molecule has 1 aromatic rings. The van der Waals surface area contributed by atoms with Crippen molar-refractivity contribution in [1.82, 2.24) is 5.32 Å². The normalized spacial score (nSPS) is 12.2. The Bertz CT molecular complexity index is 396. The minimum absolute atomic E-state index is 0.0407. The first kappa shape index (κ1) is 13.4. The third-order valence-electron chi connectivity index (χ3n) is 2.49. The van der Waals surface area contributed by atoms with Gasteiger partial charge in [-0.05, 0) is 30.5 Å².